The summed E-state index contributed by atoms with van der Waals surface area (Å²) in [6, 6.07) is 0. The van der Waals surface area contributed by atoms with Crippen LogP contribution in [0.5, 0.6) is 0 Å². The molecule has 14 heavy (non-hydrogen) atoms. The number of aryl methyl sites for hydroxylation is 1. The normalized spacial score (nSPS) is 9.07. The second-order valence-electron chi connectivity index (χ2n) is 2.45. The van der Waals surface area contributed by atoms with Crippen LogP contribution in [0.1, 0.15) is 29.2 Å². The van der Waals surface area contributed by atoms with Crippen LogP contribution in [0.25, 0.3) is 0 Å². The van der Waals surface area contributed by atoms with Gasteiger partial charge in [-0.2, -0.15) is 0 Å². The summed E-state index contributed by atoms with van der Waals surface area (Å²) in [4.78, 5) is 10.4. The summed E-state index contributed by atoms with van der Waals surface area (Å²) in [6.07, 6.45) is 0. The Labute approximate surface area is 87.3 Å². The summed E-state index contributed by atoms with van der Waals surface area (Å²) in [7, 11) is 0. The average molecular weight is 217 g/mol. The number of hydrogen-bond donors (Lipinski definition) is 2. The summed E-state index contributed by atoms with van der Waals surface area (Å²) in [5, 5.41) is 15.0. The van der Waals surface area contributed by atoms with Crippen LogP contribution in [0.15, 0.2) is 0 Å². The van der Waals surface area contributed by atoms with Crippen molar-refractivity contribution in [2.75, 3.05) is 13.1 Å². The number of carbonyl (C=O) groups is 1. The van der Waals surface area contributed by atoms with Crippen molar-refractivity contribution in [2.45, 2.75) is 20.8 Å². The molecule has 1 aromatic rings. The van der Waals surface area contributed by atoms with E-state index in [2.05, 4.69) is 28.8 Å². The first kappa shape index (κ1) is 13.0. The molecule has 6 heteroatoms. The van der Waals surface area contributed by atoms with E-state index in [4.69, 9.17) is 5.11 Å². The molecule has 0 radical (unpaired) electrons. The van der Waals surface area contributed by atoms with E-state index in [1.807, 2.05) is 0 Å². The summed E-state index contributed by atoms with van der Waals surface area (Å²) < 4.78 is 3.45. The molecule has 0 fully saturated rings. The van der Waals surface area contributed by atoms with Gasteiger partial charge in [-0.1, -0.05) is 18.3 Å². The largest absolute Gasteiger partial charge is 0.477 e. The zero-order chi connectivity index (χ0) is 11.0. The summed E-state index contributed by atoms with van der Waals surface area (Å²) in [6.45, 7) is 8.01. The number of nitrogens with zero attached hydrogens (tertiary/aromatic N) is 2. The van der Waals surface area contributed by atoms with Gasteiger partial charge >= 0.3 is 5.97 Å². The zero-order valence-corrected chi connectivity index (χ0v) is 9.39. The standard InChI is InChI=1S/C4H4N2O2S.C4H11N/c1-2-3(4(7)8)9-6-5-2;1-3-5-4-2/h1H3,(H,7,8);5H,3-4H2,1-2H3. The van der Waals surface area contributed by atoms with Crippen molar-refractivity contribution < 1.29 is 9.90 Å². The molecule has 0 unspecified atom stereocenters. The van der Waals surface area contributed by atoms with Gasteiger partial charge in [0.2, 0.25) is 0 Å². The summed E-state index contributed by atoms with van der Waals surface area (Å²) in [5.41, 5.74) is 0.479. The van der Waals surface area contributed by atoms with Crippen LogP contribution in [0.3, 0.4) is 0 Å². The number of aromatic nitrogens is 2. The third-order valence-corrected chi connectivity index (χ3v) is 2.16. The molecular weight excluding hydrogens is 202 g/mol. The molecule has 0 aromatic carbocycles. The molecule has 1 rings (SSSR count). The molecular formula is C8H15N3O2S. The van der Waals surface area contributed by atoms with Crippen LogP contribution in [0.4, 0.5) is 0 Å². The molecule has 5 nitrogen and oxygen atoms in total. The topological polar surface area (TPSA) is 75.1 Å². The van der Waals surface area contributed by atoms with Crippen LogP contribution in [0, 0.1) is 6.92 Å². The molecule has 0 atom stereocenters. The summed E-state index contributed by atoms with van der Waals surface area (Å²) >= 11 is 0.897. The average Bonchev–Trinajstić information content (AvgIpc) is 2.54. The number of rotatable bonds is 3. The lowest BCUT2D eigenvalue weighted by atomic mass is 10.4. The maximum absolute atomic E-state index is 10.2. The molecule has 1 aromatic heterocycles. The van der Waals surface area contributed by atoms with E-state index in [0.29, 0.717) is 5.69 Å². The third kappa shape index (κ3) is 4.88. The number of aromatic carboxylic acids is 1. The van der Waals surface area contributed by atoms with Gasteiger partial charge in [0.25, 0.3) is 0 Å². The minimum absolute atomic E-state index is 0.218. The SMILES string of the molecule is CCNCC.Cc1nnsc1C(=O)O. The lowest BCUT2D eigenvalue weighted by molar-refractivity contribution is 0.0701. The fraction of sp³-hybridized carbons (Fsp3) is 0.625. The van der Waals surface area contributed by atoms with E-state index in [9.17, 15) is 4.79 Å². The zero-order valence-electron chi connectivity index (χ0n) is 8.57. The monoisotopic (exact) mass is 217 g/mol. The molecule has 0 saturated carbocycles. The van der Waals surface area contributed by atoms with Crippen molar-refractivity contribution in [2.24, 2.45) is 0 Å². The predicted molar refractivity (Wildman–Crippen MR) is 55.8 cm³/mol. The van der Waals surface area contributed by atoms with E-state index >= 15 is 0 Å². The highest BCUT2D eigenvalue weighted by atomic mass is 32.1. The molecule has 0 spiro atoms. The number of hydrogen-bond acceptors (Lipinski definition) is 5. The first-order valence-electron chi connectivity index (χ1n) is 4.36. The lowest BCUT2D eigenvalue weighted by Crippen LogP contribution is -2.09. The molecule has 0 aliphatic heterocycles. The minimum atomic E-state index is -0.956. The maximum Gasteiger partial charge on any atom is 0.349 e. The Balaban J connectivity index is 0.000000292. The Hall–Kier alpha value is -1.01. The van der Waals surface area contributed by atoms with Gasteiger partial charge in [-0.05, 0) is 31.5 Å². The second kappa shape index (κ2) is 7.40. The van der Waals surface area contributed by atoms with Gasteiger partial charge < -0.3 is 10.4 Å². The molecule has 0 saturated heterocycles. The number of carboxylic acids is 1. The van der Waals surface area contributed by atoms with Crippen molar-refractivity contribution in [1.29, 1.82) is 0 Å². The first-order valence-corrected chi connectivity index (χ1v) is 5.13. The van der Waals surface area contributed by atoms with Crippen molar-refractivity contribution in [3.63, 3.8) is 0 Å². The summed E-state index contributed by atoms with van der Waals surface area (Å²) in [5.74, 6) is -0.956. The Kier molecular flexibility index (Phi) is 6.87. The Morgan fingerprint density at radius 2 is 2.07 bits per heavy atom. The Morgan fingerprint density at radius 3 is 2.21 bits per heavy atom. The molecule has 0 bridgehead atoms. The van der Waals surface area contributed by atoms with Gasteiger partial charge in [-0.3, -0.25) is 0 Å². The van der Waals surface area contributed by atoms with Crippen LogP contribution in [-0.4, -0.2) is 33.8 Å². The van der Waals surface area contributed by atoms with Crippen LogP contribution < -0.4 is 5.32 Å². The predicted octanol–water partition coefficient (Wildman–Crippen LogP) is 1.16. The van der Waals surface area contributed by atoms with E-state index in [0.717, 1.165) is 24.6 Å². The van der Waals surface area contributed by atoms with Crippen molar-refractivity contribution in [3.8, 4) is 0 Å². The molecule has 0 aliphatic rings. The molecule has 80 valence electrons. The van der Waals surface area contributed by atoms with Crippen molar-refractivity contribution in [3.05, 3.63) is 10.6 Å². The quantitative estimate of drug-likeness (QED) is 0.794. The van der Waals surface area contributed by atoms with Crippen LogP contribution in [0.2, 0.25) is 0 Å². The number of carboxylic acid groups (broad SMARTS) is 1. The van der Waals surface area contributed by atoms with Crippen LogP contribution in [-0.2, 0) is 0 Å². The van der Waals surface area contributed by atoms with E-state index in [-0.39, 0.29) is 4.88 Å². The number of nitrogens with one attached hydrogen (secondary N) is 1. The van der Waals surface area contributed by atoms with E-state index < -0.39 is 5.97 Å². The van der Waals surface area contributed by atoms with Gasteiger partial charge in [0, 0.05) is 0 Å². The molecule has 0 aliphatic carbocycles. The molecule has 1 heterocycles. The van der Waals surface area contributed by atoms with Crippen LogP contribution >= 0.6 is 11.5 Å². The van der Waals surface area contributed by atoms with Crippen molar-refractivity contribution >= 4 is 17.5 Å². The highest BCUT2D eigenvalue weighted by Crippen LogP contribution is 2.07. The molecule has 0 amide bonds. The minimum Gasteiger partial charge on any atom is -0.477 e. The van der Waals surface area contributed by atoms with Gasteiger partial charge in [0.1, 0.15) is 0 Å². The van der Waals surface area contributed by atoms with Gasteiger partial charge in [0.05, 0.1) is 5.69 Å². The lowest BCUT2D eigenvalue weighted by Gasteiger charge is -1.86. The highest BCUT2D eigenvalue weighted by molar-refractivity contribution is 7.07. The van der Waals surface area contributed by atoms with Gasteiger partial charge in [0.15, 0.2) is 4.88 Å². The fourth-order valence-corrected chi connectivity index (χ4v) is 1.17. The third-order valence-electron chi connectivity index (χ3n) is 1.35. The fourth-order valence-electron chi connectivity index (χ4n) is 0.678. The second-order valence-corrected chi connectivity index (χ2v) is 3.20. The Bertz CT molecular complexity index is 273. The van der Waals surface area contributed by atoms with Gasteiger partial charge in [-0.25, -0.2) is 4.79 Å². The van der Waals surface area contributed by atoms with Crippen molar-refractivity contribution in [1.82, 2.24) is 14.9 Å². The maximum atomic E-state index is 10.2. The Morgan fingerprint density at radius 1 is 1.50 bits per heavy atom. The first-order chi connectivity index (χ1) is 6.63. The smallest absolute Gasteiger partial charge is 0.349 e. The van der Waals surface area contributed by atoms with E-state index in [1.54, 1.807) is 6.92 Å². The van der Waals surface area contributed by atoms with Gasteiger partial charge in [-0.15, -0.1) is 5.10 Å². The highest BCUT2D eigenvalue weighted by Gasteiger charge is 2.09. The molecule has 2 N–H and O–H groups in total. The van der Waals surface area contributed by atoms with E-state index in [1.165, 1.54) is 0 Å².